The van der Waals surface area contributed by atoms with Crippen molar-refractivity contribution in [3.05, 3.63) is 6.33 Å². The van der Waals surface area contributed by atoms with Crippen LogP contribution in [0.25, 0.3) is 0 Å². The number of likely N-dealkylation sites (tertiary alicyclic amines) is 1. The second-order valence-corrected chi connectivity index (χ2v) is 7.25. The molecule has 0 radical (unpaired) electrons. The van der Waals surface area contributed by atoms with Crippen LogP contribution in [0, 0.1) is 5.92 Å². The lowest BCUT2D eigenvalue weighted by molar-refractivity contribution is 0.252. The Balaban J connectivity index is 1.76. The predicted molar refractivity (Wildman–Crippen MR) is 96.0 cm³/mol. The second-order valence-electron chi connectivity index (χ2n) is 7.25. The topological polar surface area (TPSA) is 61.5 Å². The maximum absolute atomic E-state index is 6.46. The summed E-state index contributed by atoms with van der Waals surface area (Å²) in [7, 11) is 4.31. The number of nitrogens with two attached hydrogens (primary N) is 1. The lowest BCUT2D eigenvalue weighted by Gasteiger charge is -2.37. The molecule has 0 atom stereocenters. The molecule has 3 rings (SSSR count). The SMILES string of the molecule is CC1CCN(c2ncnc(N(C)C3CCN(C)CC3)c2N)CC1. The first kappa shape index (κ1) is 16.3. The van der Waals surface area contributed by atoms with E-state index in [1.165, 1.54) is 12.8 Å². The first-order chi connectivity index (χ1) is 11.1. The number of aromatic nitrogens is 2. The Labute approximate surface area is 139 Å². The summed E-state index contributed by atoms with van der Waals surface area (Å²) in [4.78, 5) is 15.9. The predicted octanol–water partition coefficient (Wildman–Crippen LogP) is 1.83. The molecular formula is C17H30N6. The Hall–Kier alpha value is -1.56. The van der Waals surface area contributed by atoms with E-state index in [-0.39, 0.29) is 0 Å². The fourth-order valence-electron chi connectivity index (χ4n) is 3.69. The number of piperidine rings is 2. The van der Waals surface area contributed by atoms with E-state index in [1.807, 2.05) is 0 Å². The Morgan fingerprint density at radius 3 is 2.39 bits per heavy atom. The maximum atomic E-state index is 6.46. The average Bonchev–Trinajstić information content (AvgIpc) is 2.56. The van der Waals surface area contributed by atoms with E-state index in [4.69, 9.17) is 5.73 Å². The van der Waals surface area contributed by atoms with Gasteiger partial charge in [0.15, 0.2) is 11.6 Å². The molecule has 0 saturated carbocycles. The molecule has 23 heavy (non-hydrogen) atoms. The third-order valence-electron chi connectivity index (χ3n) is 5.49. The minimum absolute atomic E-state index is 0.512. The van der Waals surface area contributed by atoms with Crippen LogP contribution >= 0.6 is 0 Å². The smallest absolute Gasteiger partial charge is 0.157 e. The highest BCUT2D eigenvalue weighted by atomic mass is 15.3. The maximum Gasteiger partial charge on any atom is 0.157 e. The molecular weight excluding hydrogens is 288 g/mol. The Kier molecular flexibility index (Phi) is 4.90. The van der Waals surface area contributed by atoms with E-state index < -0.39 is 0 Å². The van der Waals surface area contributed by atoms with Gasteiger partial charge in [-0.05, 0) is 51.7 Å². The van der Waals surface area contributed by atoms with Crippen molar-refractivity contribution >= 4 is 17.3 Å². The van der Waals surface area contributed by atoms with Gasteiger partial charge in [0.25, 0.3) is 0 Å². The third kappa shape index (κ3) is 3.52. The summed E-state index contributed by atoms with van der Waals surface area (Å²) >= 11 is 0. The number of hydrogen-bond acceptors (Lipinski definition) is 6. The Morgan fingerprint density at radius 2 is 1.74 bits per heavy atom. The van der Waals surface area contributed by atoms with E-state index in [2.05, 4.69) is 45.7 Å². The first-order valence-corrected chi connectivity index (χ1v) is 8.83. The van der Waals surface area contributed by atoms with E-state index in [0.717, 1.165) is 62.3 Å². The first-order valence-electron chi connectivity index (χ1n) is 8.83. The number of anilines is 3. The van der Waals surface area contributed by atoms with Gasteiger partial charge in [0.05, 0.1) is 0 Å². The van der Waals surface area contributed by atoms with Gasteiger partial charge in [-0.1, -0.05) is 6.92 Å². The fourth-order valence-corrected chi connectivity index (χ4v) is 3.69. The Morgan fingerprint density at radius 1 is 1.09 bits per heavy atom. The molecule has 1 aromatic rings. The monoisotopic (exact) mass is 318 g/mol. The Bertz CT molecular complexity index is 518. The zero-order valence-electron chi connectivity index (χ0n) is 14.7. The van der Waals surface area contributed by atoms with Crippen LogP contribution < -0.4 is 15.5 Å². The van der Waals surface area contributed by atoms with Crippen molar-refractivity contribution < 1.29 is 0 Å². The number of nitrogen functional groups attached to an aromatic ring is 1. The molecule has 128 valence electrons. The van der Waals surface area contributed by atoms with Gasteiger partial charge in [-0.15, -0.1) is 0 Å². The third-order valence-corrected chi connectivity index (χ3v) is 5.49. The lowest BCUT2D eigenvalue weighted by Crippen LogP contribution is -2.42. The van der Waals surface area contributed by atoms with Gasteiger partial charge < -0.3 is 20.4 Å². The minimum Gasteiger partial charge on any atom is -0.393 e. The summed E-state index contributed by atoms with van der Waals surface area (Å²) in [6, 6.07) is 0.512. The van der Waals surface area contributed by atoms with Crippen LogP contribution in [0.4, 0.5) is 17.3 Å². The highest BCUT2D eigenvalue weighted by Crippen LogP contribution is 2.32. The standard InChI is InChI=1S/C17H30N6/c1-13-4-10-23(11-5-13)17-15(18)16(19-12-20-17)22(3)14-6-8-21(2)9-7-14/h12-14H,4-11,18H2,1-3H3. The van der Waals surface area contributed by atoms with E-state index in [9.17, 15) is 0 Å². The molecule has 6 nitrogen and oxygen atoms in total. The molecule has 1 aromatic heterocycles. The van der Waals surface area contributed by atoms with Crippen LogP contribution in [0.2, 0.25) is 0 Å². The summed E-state index contributed by atoms with van der Waals surface area (Å²) in [6.07, 6.45) is 6.41. The van der Waals surface area contributed by atoms with Crippen molar-refractivity contribution in [2.75, 3.05) is 55.8 Å². The molecule has 2 saturated heterocycles. The summed E-state index contributed by atoms with van der Waals surface area (Å²) in [5, 5.41) is 0. The molecule has 0 amide bonds. The van der Waals surface area contributed by atoms with Crippen LogP contribution in [0.15, 0.2) is 6.33 Å². The summed E-state index contributed by atoms with van der Waals surface area (Å²) < 4.78 is 0. The van der Waals surface area contributed by atoms with E-state index >= 15 is 0 Å². The molecule has 0 spiro atoms. The van der Waals surface area contributed by atoms with Crippen LogP contribution in [-0.2, 0) is 0 Å². The van der Waals surface area contributed by atoms with E-state index in [1.54, 1.807) is 6.33 Å². The average molecular weight is 318 g/mol. The number of hydrogen-bond donors (Lipinski definition) is 1. The molecule has 6 heteroatoms. The molecule has 0 aliphatic carbocycles. The fraction of sp³-hybridized carbons (Fsp3) is 0.765. The molecule has 0 aromatic carbocycles. The van der Waals surface area contributed by atoms with Crippen molar-refractivity contribution in [3.8, 4) is 0 Å². The molecule has 2 aliphatic rings. The zero-order valence-corrected chi connectivity index (χ0v) is 14.7. The van der Waals surface area contributed by atoms with Gasteiger partial charge in [-0.2, -0.15) is 0 Å². The number of rotatable bonds is 3. The largest absolute Gasteiger partial charge is 0.393 e. The van der Waals surface area contributed by atoms with Gasteiger partial charge >= 0.3 is 0 Å². The van der Waals surface area contributed by atoms with Crippen molar-refractivity contribution in [3.63, 3.8) is 0 Å². The van der Waals surface area contributed by atoms with Crippen LogP contribution in [0.3, 0.4) is 0 Å². The van der Waals surface area contributed by atoms with Gasteiger partial charge in [0, 0.05) is 26.2 Å². The molecule has 3 heterocycles. The van der Waals surface area contributed by atoms with Gasteiger partial charge in [-0.3, -0.25) is 0 Å². The summed E-state index contributed by atoms with van der Waals surface area (Å²) in [5.41, 5.74) is 7.20. The molecule has 0 unspecified atom stereocenters. The minimum atomic E-state index is 0.512. The van der Waals surface area contributed by atoms with Crippen molar-refractivity contribution in [1.82, 2.24) is 14.9 Å². The quantitative estimate of drug-likeness (QED) is 0.917. The highest BCUT2D eigenvalue weighted by molar-refractivity contribution is 5.75. The summed E-state index contributed by atoms with van der Waals surface area (Å²) in [6.45, 7) is 6.67. The van der Waals surface area contributed by atoms with E-state index in [0.29, 0.717) is 6.04 Å². The molecule has 2 fully saturated rings. The van der Waals surface area contributed by atoms with Crippen LogP contribution in [-0.4, -0.2) is 61.2 Å². The molecule has 2 N–H and O–H groups in total. The van der Waals surface area contributed by atoms with Gasteiger partial charge in [0.1, 0.15) is 12.0 Å². The molecule has 0 bridgehead atoms. The molecule has 2 aliphatic heterocycles. The normalized spacial score (nSPS) is 21.6. The van der Waals surface area contributed by atoms with Crippen molar-refractivity contribution in [1.29, 1.82) is 0 Å². The van der Waals surface area contributed by atoms with Crippen LogP contribution in [0.1, 0.15) is 32.6 Å². The lowest BCUT2D eigenvalue weighted by atomic mass is 9.99. The summed E-state index contributed by atoms with van der Waals surface area (Å²) in [5.74, 6) is 2.61. The van der Waals surface area contributed by atoms with Crippen LogP contribution in [0.5, 0.6) is 0 Å². The van der Waals surface area contributed by atoms with Crippen molar-refractivity contribution in [2.45, 2.75) is 38.6 Å². The zero-order chi connectivity index (χ0) is 16.4. The van der Waals surface area contributed by atoms with Gasteiger partial charge in [0.2, 0.25) is 0 Å². The van der Waals surface area contributed by atoms with Crippen molar-refractivity contribution in [2.24, 2.45) is 5.92 Å². The second kappa shape index (κ2) is 6.91. The van der Waals surface area contributed by atoms with Gasteiger partial charge in [-0.25, -0.2) is 9.97 Å². The highest BCUT2D eigenvalue weighted by Gasteiger charge is 2.26. The number of nitrogens with zero attached hydrogens (tertiary/aromatic N) is 5.